The van der Waals surface area contributed by atoms with Crippen molar-refractivity contribution in [2.45, 2.75) is 45.3 Å². The summed E-state index contributed by atoms with van der Waals surface area (Å²) in [6, 6.07) is -0.200. The third kappa shape index (κ3) is 4.33. The number of ether oxygens (including phenoxy) is 1. The Labute approximate surface area is 116 Å². The summed E-state index contributed by atoms with van der Waals surface area (Å²) in [5.41, 5.74) is 5.38. The van der Waals surface area contributed by atoms with Gasteiger partial charge in [0, 0.05) is 6.54 Å². The maximum Gasteiger partial charge on any atom is 0.410 e. The normalized spacial score (nSPS) is 21.0. The number of nitrogens with zero attached hydrogens (tertiary/aromatic N) is 2. The summed E-state index contributed by atoms with van der Waals surface area (Å²) >= 11 is 3.13. The summed E-state index contributed by atoms with van der Waals surface area (Å²) in [6.45, 7) is 9.78. The molecule has 0 aromatic rings. The predicted octanol–water partition coefficient (Wildman–Crippen LogP) is 2.61. The molecule has 0 spiro atoms. The predicted molar refractivity (Wildman–Crippen MR) is 75.7 cm³/mol. The van der Waals surface area contributed by atoms with Crippen molar-refractivity contribution in [3.8, 4) is 0 Å². The smallest absolute Gasteiger partial charge is 0.410 e. The van der Waals surface area contributed by atoms with Crippen molar-refractivity contribution in [1.29, 1.82) is 0 Å². The number of aliphatic imine (C=N–C) groups is 1. The number of halogens is 1. The minimum atomic E-state index is -0.505. The largest absolute Gasteiger partial charge is 0.444 e. The van der Waals surface area contributed by atoms with Gasteiger partial charge in [0.1, 0.15) is 16.0 Å². The van der Waals surface area contributed by atoms with E-state index in [0.29, 0.717) is 17.0 Å². The molecular weight excluding hydrogens is 298 g/mol. The molecule has 1 aliphatic heterocycles. The molecule has 1 atom stereocenters. The van der Waals surface area contributed by atoms with E-state index in [2.05, 4.69) is 27.5 Å². The first-order chi connectivity index (χ1) is 8.20. The van der Waals surface area contributed by atoms with Crippen LogP contribution in [0.1, 0.15) is 33.6 Å². The van der Waals surface area contributed by atoms with E-state index in [-0.39, 0.29) is 12.1 Å². The van der Waals surface area contributed by atoms with Gasteiger partial charge in [-0.15, -0.1) is 0 Å². The zero-order valence-electron chi connectivity index (χ0n) is 11.1. The maximum atomic E-state index is 12.0. The van der Waals surface area contributed by atoms with Gasteiger partial charge in [0.25, 0.3) is 0 Å². The molecule has 5 nitrogen and oxygen atoms in total. The number of carbonyl (C=O) groups is 1. The van der Waals surface area contributed by atoms with Crippen molar-refractivity contribution >= 4 is 27.9 Å². The van der Waals surface area contributed by atoms with E-state index < -0.39 is 5.60 Å². The minimum absolute atomic E-state index is 0.200. The summed E-state index contributed by atoms with van der Waals surface area (Å²) < 4.78 is 5.80. The van der Waals surface area contributed by atoms with Gasteiger partial charge in [0.05, 0.1) is 6.04 Å². The number of hydrogen-bond acceptors (Lipinski definition) is 3. The first-order valence-electron chi connectivity index (χ1n) is 5.89. The first kappa shape index (κ1) is 15.0. The second-order valence-electron chi connectivity index (χ2n) is 5.24. The van der Waals surface area contributed by atoms with Gasteiger partial charge in [0.15, 0.2) is 0 Å². The first-order valence-corrected chi connectivity index (χ1v) is 6.68. The van der Waals surface area contributed by atoms with Crippen LogP contribution in [-0.4, -0.2) is 35.0 Å². The molecule has 6 heteroatoms. The van der Waals surface area contributed by atoms with Gasteiger partial charge in [0.2, 0.25) is 0 Å². The zero-order valence-corrected chi connectivity index (χ0v) is 12.7. The second-order valence-corrected chi connectivity index (χ2v) is 6.16. The zero-order chi connectivity index (χ0) is 13.9. The SMILES string of the molecule is C=C(Br)/N=C(\N)[C@@H]1CCCN1C(=O)OC(C)(C)C. The van der Waals surface area contributed by atoms with Crippen molar-refractivity contribution in [2.75, 3.05) is 6.54 Å². The molecule has 0 aromatic heterocycles. The van der Waals surface area contributed by atoms with Crippen LogP contribution in [0.5, 0.6) is 0 Å². The Kier molecular flexibility index (Phi) is 4.78. The molecule has 0 unspecified atom stereocenters. The molecule has 1 saturated heterocycles. The van der Waals surface area contributed by atoms with Crippen LogP contribution in [0.15, 0.2) is 16.2 Å². The van der Waals surface area contributed by atoms with Crippen molar-refractivity contribution in [1.82, 2.24) is 4.90 Å². The lowest BCUT2D eigenvalue weighted by Crippen LogP contribution is -2.45. The van der Waals surface area contributed by atoms with E-state index in [9.17, 15) is 4.79 Å². The van der Waals surface area contributed by atoms with Gasteiger partial charge in [-0.05, 0) is 49.5 Å². The van der Waals surface area contributed by atoms with Gasteiger partial charge in [-0.1, -0.05) is 6.58 Å². The fraction of sp³-hybridized carbons (Fsp3) is 0.667. The van der Waals surface area contributed by atoms with Gasteiger partial charge in [-0.3, -0.25) is 4.90 Å². The van der Waals surface area contributed by atoms with Gasteiger partial charge in [-0.25, -0.2) is 9.79 Å². The molecule has 18 heavy (non-hydrogen) atoms. The molecule has 1 aliphatic rings. The lowest BCUT2D eigenvalue weighted by molar-refractivity contribution is 0.0265. The number of nitrogens with two attached hydrogens (primary N) is 1. The van der Waals surface area contributed by atoms with Crippen LogP contribution in [-0.2, 0) is 4.74 Å². The highest BCUT2D eigenvalue weighted by molar-refractivity contribution is 9.11. The maximum absolute atomic E-state index is 12.0. The topological polar surface area (TPSA) is 67.9 Å². The lowest BCUT2D eigenvalue weighted by Gasteiger charge is -2.28. The molecule has 0 saturated carbocycles. The van der Waals surface area contributed by atoms with Gasteiger partial charge in [-0.2, -0.15) is 0 Å². The molecule has 1 fully saturated rings. The standard InChI is InChI=1S/C12H20BrN3O2/c1-8(13)15-10(14)9-6-5-7-16(9)11(17)18-12(2,3)4/h9H,1,5-7H2,2-4H3,(H2,14,15)/t9-/m0/s1. The van der Waals surface area contributed by atoms with Gasteiger partial charge >= 0.3 is 6.09 Å². The molecule has 1 rings (SSSR count). The average Bonchev–Trinajstić information content (AvgIpc) is 2.61. The summed E-state index contributed by atoms with van der Waals surface area (Å²) in [7, 11) is 0. The Morgan fingerprint density at radius 2 is 2.17 bits per heavy atom. The van der Waals surface area contributed by atoms with Crippen LogP contribution >= 0.6 is 15.9 Å². The Hall–Kier alpha value is -1.04. The number of rotatable bonds is 2. The molecule has 0 aliphatic carbocycles. The molecule has 1 heterocycles. The summed E-state index contributed by atoms with van der Waals surface area (Å²) in [6.07, 6.45) is 1.35. The summed E-state index contributed by atoms with van der Waals surface area (Å²) in [4.78, 5) is 17.7. The third-order valence-electron chi connectivity index (χ3n) is 2.47. The van der Waals surface area contributed by atoms with Gasteiger partial charge < -0.3 is 10.5 Å². The summed E-state index contributed by atoms with van der Waals surface area (Å²) in [5, 5.41) is 0. The highest BCUT2D eigenvalue weighted by Gasteiger charge is 2.34. The Morgan fingerprint density at radius 1 is 1.56 bits per heavy atom. The van der Waals surface area contributed by atoms with Crippen LogP contribution in [0, 0.1) is 0 Å². The second kappa shape index (κ2) is 5.73. The molecule has 102 valence electrons. The van der Waals surface area contributed by atoms with E-state index in [0.717, 1.165) is 12.8 Å². The highest BCUT2D eigenvalue weighted by atomic mass is 79.9. The molecule has 1 amide bonds. The molecule has 0 aromatic carbocycles. The van der Waals surface area contributed by atoms with E-state index in [4.69, 9.17) is 10.5 Å². The lowest BCUT2D eigenvalue weighted by atomic mass is 10.2. The molecule has 2 N–H and O–H groups in total. The van der Waals surface area contributed by atoms with E-state index in [1.165, 1.54) is 0 Å². The van der Waals surface area contributed by atoms with Crippen LogP contribution in [0.2, 0.25) is 0 Å². The number of amides is 1. The summed E-state index contributed by atoms with van der Waals surface area (Å²) in [5.74, 6) is 0.389. The monoisotopic (exact) mass is 317 g/mol. The molecule has 0 radical (unpaired) electrons. The molecular formula is C12H20BrN3O2. The van der Waals surface area contributed by atoms with Crippen molar-refractivity contribution in [2.24, 2.45) is 10.7 Å². The highest BCUT2D eigenvalue weighted by Crippen LogP contribution is 2.21. The van der Waals surface area contributed by atoms with Crippen LogP contribution in [0.3, 0.4) is 0 Å². The van der Waals surface area contributed by atoms with Crippen LogP contribution < -0.4 is 5.73 Å². The number of amidine groups is 1. The average molecular weight is 318 g/mol. The Balaban J connectivity index is 2.76. The van der Waals surface area contributed by atoms with Crippen molar-refractivity contribution in [3.05, 3.63) is 11.2 Å². The van der Waals surface area contributed by atoms with E-state index >= 15 is 0 Å². The fourth-order valence-electron chi connectivity index (χ4n) is 1.83. The fourth-order valence-corrected chi connectivity index (χ4v) is 2.03. The Bertz CT molecular complexity index is 374. The van der Waals surface area contributed by atoms with Crippen LogP contribution in [0.25, 0.3) is 0 Å². The quantitative estimate of drug-likeness (QED) is 0.483. The van der Waals surface area contributed by atoms with E-state index in [1.54, 1.807) is 4.90 Å². The van der Waals surface area contributed by atoms with E-state index in [1.807, 2.05) is 20.8 Å². The van der Waals surface area contributed by atoms with Crippen molar-refractivity contribution in [3.63, 3.8) is 0 Å². The number of hydrogen-bond donors (Lipinski definition) is 1. The van der Waals surface area contributed by atoms with Crippen molar-refractivity contribution < 1.29 is 9.53 Å². The minimum Gasteiger partial charge on any atom is -0.444 e. The Morgan fingerprint density at radius 3 is 2.67 bits per heavy atom. The number of likely N-dealkylation sites (tertiary alicyclic amines) is 1. The third-order valence-corrected chi connectivity index (χ3v) is 2.65. The number of carbonyl (C=O) groups excluding carboxylic acids is 1. The molecule has 0 bridgehead atoms. The van der Waals surface area contributed by atoms with Crippen LogP contribution in [0.4, 0.5) is 4.79 Å².